The lowest BCUT2D eigenvalue weighted by molar-refractivity contribution is 0.376. The van der Waals surface area contributed by atoms with E-state index < -0.39 is 0 Å². The van der Waals surface area contributed by atoms with Crippen molar-refractivity contribution in [3.05, 3.63) is 23.9 Å². The van der Waals surface area contributed by atoms with E-state index >= 15 is 0 Å². The van der Waals surface area contributed by atoms with Gasteiger partial charge in [-0.1, -0.05) is 6.92 Å². The van der Waals surface area contributed by atoms with Gasteiger partial charge < -0.3 is 4.90 Å². The molecule has 0 N–H and O–H groups in total. The van der Waals surface area contributed by atoms with Gasteiger partial charge in [0.25, 0.3) is 0 Å². The van der Waals surface area contributed by atoms with Gasteiger partial charge in [-0.3, -0.25) is 0 Å². The Morgan fingerprint density at radius 2 is 2.31 bits per heavy atom. The molecule has 1 aromatic heterocycles. The van der Waals surface area contributed by atoms with E-state index in [1.54, 1.807) is 0 Å². The monoisotopic (exact) mass is 238 g/mol. The second kappa shape index (κ2) is 5.05. The first-order chi connectivity index (χ1) is 7.70. The maximum Gasteiger partial charge on any atom is 0.129 e. The van der Waals surface area contributed by atoms with Crippen molar-refractivity contribution in [3.63, 3.8) is 0 Å². The van der Waals surface area contributed by atoms with Crippen LogP contribution in [0, 0.1) is 5.92 Å². The number of pyridine rings is 1. The third-order valence-corrected chi connectivity index (χ3v) is 3.71. The zero-order valence-corrected chi connectivity index (χ0v) is 10.7. The molecule has 1 aromatic rings. The highest BCUT2D eigenvalue weighted by Crippen LogP contribution is 2.26. The van der Waals surface area contributed by atoms with Crippen molar-refractivity contribution in [1.82, 2.24) is 4.98 Å². The molecule has 3 heteroatoms. The van der Waals surface area contributed by atoms with Crippen LogP contribution in [0.2, 0.25) is 0 Å². The van der Waals surface area contributed by atoms with Crippen molar-refractivity contribution >= 4 is 17.4 Å². The summed E-state index contributed by atoms with van der Waals surface area (Å²) >= 11 is 5.85. The van der Waals surface area contributed by atoms with Gasteiger partial charge in [0.2, 0.25) is 0 Å². The fourth-order valence-corrected chi connectivity index (χ4v) is 2.61. The molecule has 16 heavy (non-hydrogen) atoms. The number of anilines is 1. The minimum atomic E-state index is 0.564. The Morgan fingerprint density at radius 1 is 1.50 bits per heavy atom. The molecule has 0 aromatic carbocycles. The van der Waals surface area contributed by atoms with Crippen molar-refractivity contribution in [3.8, 4) is 0 Å². The van der Waals surface area contributed by atoms with Gasteiger partial charge in [-0.05, 0) is 43.4 Å². The summed E-state index contributed by atoms with van der Waals surface area (Å²) in [6.45, 7) is 5.72. The molecule has 1 fully saturated rings. The Bertz CT molecular complexity index is 354. The topological polar surface area (TPSA) is 16.1 Å². The molecule has 1 aliphatic rings. The van der Waals surface area contributed by atoms with Crippen LogP contribution in [0.3, 0.4) is 0 Å². The Labute approximate surface area is 103 Å². The first-order valence-electron chi connectivity index (χ1n) is 5.98. The third kappa shape index (κ3) is 2.49. The lowest BCUT2D eigenvalue weighted by Crippen LogP contribution is -2.40. The van der Waals surface area contributed by atoms with Gasteiger partial charge in [-0.25, -0.2) is 4.98 Å². The summed E-state index contributed by atoms with van der Waals surface area (Å²) in [7, 11) is 0. The standard InChI is InChI=1S/C13H19ClN2/c1-10-4-6-16(11(2)7-10)13-8-12(9-14)3-5-15-13/h3,5,8,10-11H,4,6-7,9H2,1-2H3. The third-order valence-electron chi connectivity index (χ3n) is 3.40. The number of rotatable bonds is 2. The van der Waals surface area contributed by atoms with Crippen LogP contribution in [-0.2, 0) is 5.88 Å². The molecule has 2 rings (SSSR count). The van der Waals surface area contributed by atoms with Crippen molar-refractivity contribution in [2.45, 2.75) is 38.6 Å². The van der Waals surface area contributed by atoms with Crippen molar-refractivity contribution in [1.29, 1.82) is 0 Å². The summed E-state index contributed by atoms with van der Waals surface area (Å²) in [6, 6.07) is 4.68. The largest absolute Gasteiger partial charge is 0.354 e. The van der Waals surface area contributed by atoms with Crippen molar-refractivity contribution < 1.29 is 0 Å². The number of alkyl halides is 1. The van der Waals surface area contributed by atoms with E-state index in [-0.39, 0.29) is 0 Å². The average molecular weight is 239 g/mol. The predicted octanol–water partition coefficient (Wildman–Crippen LogP) is 3.45. The van der Waals surface area contributed by atoms with E-state index in [1.807, 2.05) is 12.3 Å². The van der Waals surface area contributed by atoms with E-state index in [9.17, 15) is 0 Å². The molecule has 0 bridgehead atoms. The van der Waals surface area contributed by atoms with Gasteiger partial charge in [-0.2, -0.15) is 0 Å². The van der Waals surface area contributed by atoms with Crippen molar-refractivity contribution in [2.24, 2.45) is 5.92 Å². The first kappa shape index (κ1) is 11.7. The molecule has 0 amide bonds. The second-order valence-electron chi connectivity index (χ2n) is 4.83. The zero-order chi connectivity index (χ0) is 11.5. The molecule has 2 nitrogen and oxygen atoms in total. The van der Waals surface area contributed by atoms with Gasteiger partial charge in [0.05, 0.1) is 0 Å². The first-order valence-corrected chi connectivity index (χ1v) is 6.51. The van der Waals surface area contributed by atoms with Crippen LogP contribution >= 0.6 is 11.6 Å². The normalized spacial score (nSPS) is 25.8. The molecule has 1 aliphatic heterocycles. The maximum atomic E-state index is 5.85. The SMILES string of the molecule is CC1CCN(c2cc(CCl)ccn2)C(C)C1. The van der Waals surface area contributed by atoms with Gasteiger partial charge in [0.15, 0.2) is 0 Å². The minimum Gasteiger partial charge on any atom is -0.354 e. The van der Waals surface area contributed by atoms with E-state index in [0.717, 1.165) is 23.8 Å². The van der Waals surface area contributed by atoms with Gasteiger partial charge in [-0.15, -0.1) is 11.6 Å². The Kier molecular flexibility index (Phi) is 3.70. The number of hydrogen-bond acceptors (Lipinski definition) is 2. The fourth-order valence-electron chi connectivity index (χ4n) is 2.45. The molecule has 2 atom stereocenters. The average Bonchev–Trinajstić information content (AvgIpc) is 2.29. The van der Waals surface area contributed by atoms with E-state index in [0.29, 0.717) is 11.9 Å². The molecule has 88 valence electrons. The highest BCUT2D eigenvalue weighted by molar-refractivity contribution is 6.17. The van der Waals surface area contributed by atoms with Crippen LogP contribution < -0.4 is 4.90 Å². The molecule has 2 unspecified atom stereocenters. The number of nitrogens with zero attached hydrogens (tertiary/aromatic N) is 2. The summed E-state index contributed by atoms with van der Waals surface area (Å²) in [5.41, 5.74) is 1.15. The summed E-state index contributed by atoms with van der Waals surface area (Å²) in [4.78, 5) is 6.85. The van der Waals surface area contributed by atoms with E-state index in [1.165, 1.54) is 12.8 Å². The molecule has 0 spiro atoms. The van der Waals surface area contributed by atoms with Crippen LogP contribution in [-0.4, -0.2) is 17.6 Å². The lowest BCUT2D eigenvalue weighted by Gasteiger charge is -2.37. The number of hydrogen-bond donors (Lipinski definition) is 0. The molecule has 2 heterocycles. The van der Waals surface area contributed by atoms with Crippen LogP contribution in [0.25, 0.3) is 0 Å². The molecule has 1 saturated heterocycles. The van der Waals surface area contributed by atoms with Crippen molar-refractivity contribution in [2.75, 3.05) is 11.4 Å². The van der Waals surface area contributed by atoms with Crippen LogP contribution in [0.5, 0.6) is 0 Å². The predicted molar refractivity (Wildman–Crippen MR) is 69.0 cm³/mol. The van der Waals surface area contributed by atoms with Crippen LogP contribution in [0.4, 0.5) is 5.82 Å². The summed E-state index contributed by atoms with van der Waals surface area (Å²) < 4.78 is 0. The van der Waals surface area contributed by atoms with Gasteiger partial charge >= 0.3 is 0 Å². The molecule has 0 saturated carbocycles. The summed E-state index contributed by atoms with van der Waals surface area (Å²) in [5, 5.41) is 0. The molecule has 0 aliphatic carbocycles. The Hall–Kier alpha value is -0.760. The highest BCUT2D eigenvalue weighted by atomic mass is 35.5. The Morgan fingerprint density at radius 3 is 3.00 bits per heavy atom. The van der Waals surface area contributed by atoms with E-state index in [4.69, 9.17) is 11.6 Å². The van der Waals surface area contributed by atoms with Gasteiger partial charge in [0.1, 0.15) is 5.82 Å². The molecular formula is C13H19ClN2. The smallest absolute Gasteiger partial charge is 0.129 e. The highest BCUT2D eigenvalue weighted by Gasteiger charge is 2.23. The summed E-state index contributed by atoms with van der Waals surface area (Å²) in [5.74, 6) is 2.48. The minimum absolute atomic E-state index is 0.564. The summed E-state index contributed by atoms with van der Waals surface area (Å²) in [6.07, 6.45) is 4.38. The number of aromatic nitrogens is 1. The Balaban J connectivity index is 2.16. The van der Waals surface area contributed by atoms with Crippen LogP contribution in [0.15, 0.2) is 18.3 Å². The second-order valence-corrected chi connectivity index (χ2v) is 5.10. The zero-order valence-electron chi connectivity index (χ0n) is 9.99. The molecule has 0 radical (unpaired) electrons. The maximum absolute atomic E-state index is 5.85. The number of piperidine rings is 1. The molecular weight excluding hydrogens is 220 g/mol. The lowest BCUT2D eigenvalue weighted by atomic mass is 9.93. The fraction of sp³-hybridized carbons (Fsp3) is 0.615. The number of halogens is 1. The van der Waals surface area contributed by atoms with Crippen LogP contribution in [0.1, 0.15) is 32.3 Å². The quantitative estimate of drug-likeness (QED) is 0.734. The van der Waals surface area contributed by atoms with E-state index in [2.05, 4.69) is 29.8 Å². The van der Waals surface area contributed by atoms with Gasteiger partial charge in [0, 0.05) is 24.7 Å².